The monoisotopic (exact) mass is 180 g/mol. The third-order valence-corrected chi connectivity index (χ3v) is 1.33. The molecule has 0 aromatic carbocycles. The van der Waals surface area contributed by atoms with Crippen LogP contribution in [0.15, 0.2) is 24.4 Å². The average Bonchev–Trinajstić information content (AvgIpc) is 2.17. The van der Waals surface area contributed by atoms with Gasteiger partial charge in [-0.05, 0) is 19.2 Å². The Balaban J connectivity index is 2.31. The minimum Gasteiger partial charge on any atom is -0.311 e. The summed E-state index contributed by atoms with van der Waals surface area (Å²) >= 11 is 0. The first-order chi connectivity index (χ1) is 6.33. The van der Waals surface area contributed by atoms with E-state index in [-0.39, 0.29) is 12.5 Å². The first-order valence-corrected chi connectivity index (χ1v) is 3.93. The van der Waals surface area contributed by atoms with Gasteiger partial charge in [0.2, 0.25) is 0 Å². The summed E-state index contributed by atoms with van der Waals surface area (Å²) in [5.41, 5.74) is 5.16. The molecule has 0 aliphatic carbocycles. The highest BCUT2D eigenvalue weighted by atomic mass is 16.2. The first kappa shape index (κ1) is 9.47. The number of rotatable bonds is 4. The Hall–Kier alpha value is -1.62. The van der Waals surface area contributed by atoms with Gasteiger partial charge in [-0.2, -0.15) is 0 Å². The van der Waals surface area contributed by atoms with Crippen LogP contribution in [0.3, 0.4) is 0 Å². The van der Waals surface area contributed by atoms with E-state index in [0.29, 0.717) is 5.82 Å². The number of hydrazine groups is 1. The van der Waals surface area contributed by atoms with Gasteiger partial charge in [-0.1, -0.05) is 6.07 Å². The van der Waals surface area contributed by atoms with Crippen LogP contribution in [0.4, 0.5) is 5.82 Å². The van der Waals surface area contributed by atoms with E-state index in [4.69, 9.17) is 0 Å². The summed E-state index contributed by atoms with van der Waals surface area (Å²) in [4.78, 5) is 14.9. The van der Waals surface area contributed by atoms with Gasteiger partial charge >= 0.3 is 0 Å². The second-order valence-corrected chi connectivity index (χ2v) is 2.42. The summed E-state index contributed by atoms with van der Waals surface area (Å²) in [5, 5.41) is 2.73. The summed E-state index contributed by atoms with van der Waals surface area (Å²) < 4.78 is 0. The van der Waals surface area contributed by atoms with Crippen molar-refractivity contribution in [3.8, 4) is 0 Å². The second-order valence-electron chi connectivity index (χ2n) is 2.42. The van der Waals surface area contributed by atoms with Gasteiger partial charge in [-0.3, -0.25) is 15.6 Å². The van der Waals surface area contributed by atoms with Gasteiger partial charge in [0.05, 0.1) is 6.54 Å². The smallest absolute Gasteiger partial charge is 0.252 e. The van der Waals surface area contributed by atoms with Crippen LogP contribution in [0.25, 0.3) is 0 Å². The Morgan fingerprint density at radius 1 is 1.54 bits per heavy atom. The van der Waals surface area contributed by atoms with Crippen molar-refractivity contribution in [3.05, 3.63) is 24.4 Å². The van der Waals surface area contributed by atoms with Crippen LogP contribution >= 0.6 is 0 Å². The lowest BCUT2D eigenvalue weighted by atomic mass is 10.5. The molecule has 0 bridgehead atoms. The molecule has 5 heteroatoms. The van der Waals surface area contributed by atoms with Crippen molar-refractivity contribution in [1.29, 1.82) is 0 Å². The number of nitrogens with one attached hydrogen (secondary N) is 3. The van der Waals surface area contributed by atoms with Crippen molar-refractivity contribution >= 4 is 11.7 Å². The quantitative estimate of drug-likeness (QED) is 0.559. The number of hydrogen-bond donors (Lipinski definition) is 3. The third kappa shape index (κ3) is 3.53. The molecule has 0 radical (unpaired) electrons. The van der Waals surface area contributed by atoms with Gasteiger partial charge in [0.25, 0.3) is 5.91 Å². The van der Waals surface area contributed by atoms with E-state index >= 15 is 0 Å². The number of pyridine rings is 1. The molecule has 0 atom stereocenters. The van der Waals surface area contributed by atoms with Gasteiger partial charge in [0.15, 0.2) is 0 Å². The lowest BCUT2D eigenvalue weighted by molar-refractivity contribution is -0.119. The molecule has 0 saturated carbocycles. The minimum atomic E-state index is -0.131. The van der Waals surface area contributed by atoms with E-state index in [1.807, 2.05) is 6.07 Å². The predicted molar refractivity (Wildman–Crippen MR) is 49.9 cm³/mol. The van der Waals surface area contributed by atoms with Gasteiger partial charge in [-0.25, -0.2) is 4.98 Å². The molecule has 1 rings (SSSR count). The number of carbonyl (C=O) groups excluding carboxylic acids is 1. The zero-order valence-corrected chi connectivity index (χ0v) is 7.37. The summed E-state index contributed by atoms with van der Waals surface area (Å²) in [6.07, 6.45) is 1.65. The number of aromatic nitrogens is 1. The molecular weight excluding hydrogens is 168 g/mol. The van der Waals surface area contributed by atoms with Crippen LogP contribution in [-0.4, -0.2) is 24.5 Å². The number of nitrogens with zero attached hydrogens (tertiary/aromatic N) is 1. The zero-order valence-electron chi connectivity index (χ0n) is 7.37. The van der Waals surface area contributed by atoms with Crippen LogP contribution in [-0.2, 0) is 4.79 Å². The number of likely N-dealkylation sites (N-methyl/N-ethyl adjacent to an activating group) is 1. The molecule has 70 valence electrons. The molecule has 0 spiro atoms. The molecule has 1 aromatic rings. The molecule has 0 aliphatic rings. The maximum absolute atomic E-state index is 11.0. The number of amides is 1. The maximum atomic E-state index is 11.0. The lowest BCUT2D eigenvalue weighted by Gasteiger charge is -2.06. The van der Waals surface area contributed by atoms with E-state index in [9.17, 15) is 4.79 Å². The van der Waals surface area contributed by atoms with Crippen LogP contribution in [0.2, 0.25) is 0 Å². The van der Waals surface area contributed by atoms with E-state index in [1.54, 1.807) is 25.4 Å². The molecule has 0 aliphatic heterocycles. The fraction of sp³-hybridized carbons (Fsp3) is 0.250. The van der Waals surface area contributed by atoms with E-state index < -0.39 is 0 Å². The van der Waals surface area contributed by atoms with Crippen molar-refractivity contribution in [3.63, 3.8) is 0 Å². The number of hydrogen-bond acceptors (Lipinski definition) is 4. The molecule has 1 heterocycles. The molecule has 3 N–H and O–H groups in total. The van der Waals surface area contributed by atoms with Gasteiger partial charge in [-0.15, -0.1) is 0 Å². The summed E-state index contributed by atoms with van der Waals surface area (Å²) in [5.74, 6) is 0.486. The van der Waals surface area contributed by atoms with Crippen molar-refractivity contribution in [1.82, 2.24) is 15.7 Å². The van der Waals surface area contributed by atoms with Crippen molar-refractivity contribution in [2.75, 3.05) is 19.0 Å². The average molecular weight is 180 g/mol. The molecule has 13 heavy (non-hydrogen) atoms. The van der Waals surface area contributed by atoms with Gasteiger partial charge < -0.3 is 5.32 Å². The molecule has 0 fully saturated rings. The largest absolute Gasteiger partial charge is 0.311 e. The summed E-state index contributed by atoms with van der Waals surface area (Å²) in [6, 6.07) is 5.40. The molecule has 0 unspecified atom stereocenters. The van der Waals surface area contributed by atoms with Gasteiger partial charge in [0.1, 0.15) is 5.82 Å². The molecule has 5 nitrogen and oxygen atoms in total. The Kier molecular flexibility index (Phi) is 3.72. The Morgan fingerprint density at radius 2 is 2.38 bits per heavy atom. The van der Waals surface area contributed by atoms with Crippen LogP contribution in [0, 0.1) is 0 Å². The van der Waals surface area contributed by atoms with Crippen LogP contribution in [0.5, 0.6) is 0 Å². The van der Waals surface area contributed by atoms with Gasteiger partial charge in [0, 0.05) is 6.20 Å². The fourth-order valence-electron chi connectivity index (χ4n) is 0.775. The highest BCUT2D eigenvalue weighted by molar-refractivity contribution is 5.79. The first-order valence-electron chi connectivity index (χ1n) is 3.93. The molecule has 0 saturated heterocycles. The topological polar surface area (TPSA) is 66.1 Å². The zero-order chi connectivity index (χ0) is 9.52. The van der Waals surface area contributed by atoms with Crippen molar-refractivity contribution in [2.45, 2.75) is 0 Å². The highest BCUT2D eigenvalue weighted by Gasteiger charge is 1.96. The van der Waals surface area contributed by atoms with Crippen molar-refractivity contribution in [2.24, 2.45) is 0 Å². The SMILES string of the molecule is CNCC(=O)NNc1ccccn1. The van der Waals surface area contributed by atoms with Crippen molar-refractivity contribution < 1.29 is 4.79 Å². The Morgan fingerprint density at radius 3 is 3.00 bits per heavy atom. The number of carbonyl (C=O) groups is 1. The van der Waals surface area contributed by atoms with E-state index in [0.717, 1.165) is 0 Å². The summed E-state index contributed by atoms with van der Waals surface area (Å²) in [7, 11) is 1.71. The standard InChI is InChI=1S/C8H12N4O/c1-9-6-8(13)12-11-7-4-2-3-5-10-7/h2-5,9H,6H2,1H3,(H,10,11)(H,12,13). The second kappa shape index (κ2) is 5.10. The highest BCUT2D eigenvalue weighted by Crippen LogP contribution is 1.96. The Labute approximate surface area is 76.5 Å². The van der Waals surface area contributed by atoms with E-state index in [2.05, 4.69) is 21.2 Å². The van der Waals surface area contributed by atoms with Crippen LogP contribution in [0.1, 0.15) is 0 Å². The number of anilines is 1. The summed E-state index contributed by atoms with van der Waals surface area (Å²) in [6.45, 7) is 0.278. The fourth-order valence-corrected chi connectivity index (χ4v) is 0.775. The molecule has 1 amide bonds. The maximum Gasteiger partial charge on any atom is 0.252 e. The van der Waals surface area contributed by atoms with Crippen LogP contribution < -0.4 is 16.2 Å². The molecule has 1 aromatic heterocycles. The molecular formula is C8H12N4O. The minimum absolute atomic E-state index is 0.131. The normalized spacial score (nSPS) is 9.31. The lowest BCUT2D eigenvalue weighted by Crippen LogP contribution is -2.36. The Bertz CT molecular complexity index is 262. The van der Waals surface area contributed by atoms with E-state index in [1.165, 1.54) is 0 Å². The third-order valence-electron chi connectivity index (χ3n) is 1.33. The predicted octanol–water partition coefficient (Wildman–Crippen LogP) is -0.256.